The minimum atomic E-state index is 0.597. The molecule has 1 atom stereocenters. The Morgan fingerprint density at radius 1 is 1.86 bits per heavy atom. The molecule has 0 aromatic carbocycles. The third kappa shape index (κ3) is 1.13. The van der Waals surface area contributed by atoms with Crippen molar-refractivity contribution in [1.29, 1.82) is 0 Å². The van der Waals surface area contributed by atoms with Gasteiger partial charge in [-0.15, -0.1) is 11.8 Å². The van der Waals surface area contributed by atoms with Gasteiger partial charge in [0, 0.05) is 5.70 Å². The van der Waals surface area contributed by atoms with Crippen LogP contribution in [0.4, 0.5) is 0 Å². The first-order valence-electron chi connectivity index (χ1n) is 2.38. The summed E-state index contributed by atoms with van der Waals surface area (Å²) in [6.07, 6.45) is 0. The summed E-state index contributed by atoms with van der Waals surface area (Å²) in [5.74, 6) is 0. The first-order valence-corrected chi connectivity index (χ1v) is 3.32. The second kappa shape index (κ2) is 1.78. The zero-order valence-corrected chi connectivity index (χ0v) is 5.38. The monoisotopic (exact) mass is 115 g/mol. The molecule has 1 aliphatic heterocycles. The van der Waals surface area contributed by atoms with Crippen molar-refractivity contribution in [2.24, 2.45) is 0 Å². The quantitative estimate of drug-likeness (QED) is 0.514. The standard InChI is InChI=1S/C5H9NS/c1-4-3-7-5(2)6-4/h3,5-6H,1-2H3. The van der Waals surface area contributed by atoms with Crippen molar-refractivity contribution in [2.75, 3.05) is 0 Å². The Labute approximate surface area is 48.2 Å². The normalized spacial score (nSPS) is 29.4. The lowest BCUT2D eigenvalue weighted by atomic mass is 10.5. The topological polar surface area (TPSA) is 12.0 Å². The third-order valence-corrected chi connectivity index (χ3v) is 1.90. The summed E-state index contributed by atoms with van der Waals surface area (Å²) in [4.78, 5) is 0. The van der Waals surface area contributed by atoms with Crippen molar-refractivity contribution in [3.8, 4) is 0 Å². The van der Waals surface area contributed by atoms with E-state index in [0.29, 0.717) is 5.37 Å². The molecule has 0 radical (unpaired) electrons. The summed E-state index contributed by atoms with van der Waals surface area (Å²) in [5, 5.41) is 5.98. The van der Waals surface area contributed by atoms with E-state index in [1.54, 1.807) is 0 Å². The van der Waals surface area contributed by atoms with Crippen LogP contribution in [0.3, 0.4) is 0 Å². The van der Waals surface area contributed by atoms with Gasteiger partial charge in [-0.2, -0.15) is 0 Å². The molecule has 0 bridgehead atoms. The number of thioether (sulfide) groups is 1. The Kier molecular flexibility index (Phi) is 1.28. The van der Waals surface area contributed by atoms with Gasteiger partial charge in [0.1, 0.15) is 0 Å². The molecule has 1 nitrogen and oxygen atoms in total. The molecule has 1 N–H and O–H groups in total. The molecule has 0 spiro atoms. The molecule has 1 unspecified atom stereocenters. The summed E-state index contributed by atoms with van der Waals surface area (Å²) < 4.78 is 0. The average molecular weight is 115 g/mol. The van der Waals surface area contributed by atoms with Crippen LogP contribution in [0.5, 0.6) is 0 Å². The maximum absolute atomic E-state index is 3.24. The lowest BCUT2D eigenvalue weighted by Gasteiger charge is -2.00. The minimum Gasteiger partial charge on any atom is -0.376 e. The molecule has 0 fully saturated rings. The van der Waals surface area contributed by atoms with Crippen LogP contribution in [0.25, 0.3) is 0 Å². The zero-order chi connectivity index (χ0) is 5.28. The first-order chi connectivity index (χ1) is 3.29. The summed E-state index contributed by atoms with van der Waals surface area (Å²) >= 11 is 1.83. The van der Waals surface area contributed by atoms with E-state index in [9.17, 15) is 0 Å². The Morgan fingerprint density at radius 3 is 2.71 bits per heavy atom. The molecule has 7 heavy (non-hydrogen) atoms. The van der Waals surface area contributed by atoms with Gasteiger partial charge in [-0.1, -0.05) is 0 Å². The van der Waals surface area contributed by atoms with Gasteiger partial charge >= 0.3 is 0 Å². The van der Waals surface area contributed by atoms with Crippen molar-refractivity contribution >= 4 is 11.8 Å². The second-order valence-electron chi connectivity index (χ2n) is 1.72. The molecule has 0 aromatic rings. The smallest absolute Gasteiger partial charge is 0.0732 e. The SMILES string of the molecule is CC1=CSC(C)N1. The van der Waals surface area contributed by atoms with Crippen molar-refractivity contribution in [1.82, 2.24) is 5.32 Å². The Morgan fingerprint density at radius 2 is 2.57 bits per heavy atom. The van der Waals surface area contributed by atoms with Crippen LogP contribution in [0.15, 0.2) is 11.1 Å². The largest absolute Gasteiger partial charge is 0.376 e. The van der Waals surface area contributed by atoms with Crippen LogP contribution < -0.4 is 5.32 Å². The van der Waals surface area contributed by atoms with Gasteiger partial charge in [-0.05, 0) is 19.3 Å². The molecular weight excluding hydrogens is 106 g/mol. The van der Waals surface area contributed by atoms with Gasteiger partial charge in [0.2, 0.25) is 0 Å². The highest BCUT2D eigenvalue weighted by Crippen LogP contribution is 2.18. The maximum Gasteiger partial charge on any atom is 0.0732 e. The highest BCUT2D eigenvalue weighted by molar-refractivity contribution is 8.02. The molecule has 2 heteroatoms. The van der Waals surface area contributed by atoms with E-state index in [-0.39, 0.29) is 0 Å². The van der Waals surface area contributed by atoms with E-state index >= 15 is 0 Å². The molecule has 0 aliphatic carbocycles. The second-order valence-corrected chi connectivity index (χ2v) is 2.94. The van der Waals surface area contributed by atoms with E-state index < -0.39 is 0 Å². The molecular formula is C5H9NS. The zero-order valence-electron chi connectivity index (χ0n) is 4.56. The maximum atomic E-state index is 3.24. The summed E-state index contributed by atoms with van der Waals surface area (Å²) in [6.45, 7) is 4.23. The lowest BCUT2D eigenvalue weighted by molar-refractivity contribution is 0.822. The molecule has 0 aromatic heterocycles. The first kappa shape index (κ1) is 5.04. The number of nitrogens with one attached hydrogen (secondary N) is 1. The van der Waals surface area contributed by atoms with E-state index in [4.69, 9.17) is 0 Å². The lowest BCUT2D eigenvalue weighted by Crippen LogP contribution is -2.13. The van der Waals surface area contributed by atoms with Crippen LogP contribution in [0.1, 0.15) is 13.8 Å². The molecule has 0 saturated heterocycles. The van der Waals surface area contributed by atoms with Crippen LogP contribution in [-0.2, 0) is 0 Å². The van der Waals surface area contributed by atoms with Crippen molar-refractivity contribution in [2.45, 2.75) is 19.2 Å². The Hall–Kier alpha value is -0.110. The Bertz CT molecular complexity index is 98.3. The summed E-state index contributed by atoms with van der Waals surface area (Å²) in [5.41, 5.74) is 1.29. The van der Waals surface area contributed by atoms with Gasteiger partial charge in [0.25, 0.3) is 0 Å². The molecule has 1 aliphatic rings. The molecule has 1 rings (SSSR count). The number of rotatable bonds is 0. The van der Waals surface area contributed by atoms with E-state index in [1.165, 1.54) is 5.70 Å². The number of allylic oxidation sites excluding steroid dienone is 1. The van der Waals surface area contributed by atoms with Crippen molar-refractivity contribution in [3.05, 3.63) is 11.1 Å². The van der Waals surface area contributed by atoms with Crippen molar-refractivity contribution < 1.29 is 0 Å². The van der Waals surface area contributed by atoms with Crippen LogP contribution in [0, 0.1) is 0 Å². The van der Waals surface area contributed by atoms with Gasteiger partial charge in [-0.3, -0.25) is 0 Å². The molecule has 40 valence electrons. The van der Waals surface area contributed by atoms with Gasteiger partial charge in [0.15, 0.2) is 0 Å². The molecule has 0 amide bonds. The summed E-state index contributed by atoms with van der Waals surface area (Å²) in [7, 11) is 0. The van der Waals surface area contributed by atoms with Crippen LogP contribution >= 0.6 is 11.8 Å². The van der Waals surface area contributed by atoms with Crippen LogP contribution in [0.2, 0.25) is 0 Å². The van der Waals surface area contributed by atoms with E-state index in [2.05, 4.69) is 24.6 Å². The highest BCUT2D eigenvalue weighted by atomic mass is 32.2. The van der Waals surface area contributed by atoms with Gasteiger partial charge < -0.3 is 5.32 Å². The van der Waals surface area contributed by atoms with Crippen LogP contribution in [-0.4, -0.2) is 5.37 Å². The average Bonchev–Trinajstić information content (AvgIpc) is 1.87. The fraction of sp³-hybridized carbons (Fsp3) is 0.600. The minimum absolute atomic E-state index is 0.597. The van der Waals surface area contributed by atoms with Crippen molar-refractivity contribution in [3.63, 3.8) is 0 Å². The predicted molar refractivity (Wildman–Crippen MR) is 33.9 cm³/mol. The highest BCUT2D eigenvalue weighted by Gasteiger charge is 2.05. The van der Waals surface area contributed by atoms with E-state index in [1.807, 2.05) is 11.8 Å². The fourth-order valence-corrected chi connectivity index (χ4v) is 1.32. The number of hydrogen-bond donors (Lipinski definition) is 1. The van der Waals surface area contributed by atoms with E-state index in [0.717, 1.165) is 0 Å². The molecule has 0 saturated carbocycles. The fourth-order valence-electron chi connectivity index (χ4n) is 0.593. The summed E-state index contributed by atoms with van der Waals surface area (Å²) in [6, 6.07) is 0. The van der Waals surface area contributed by atoms with Gasteiger partial charge in [0.05, 0.1) is 5.37 Å². The number of hydrogen-bond acceptors (Lipinski definition) is 2. The molecule has 1 heterocycles. The van der Waals surface area contributed by atoms with Gasteiger partial charge in [-0.25, -0.2) is 0 Å². The Balaban J connectivity index is 2.42. The third-order valence-electron chi connectivity index (χ3n) is 0.880. The predicted octanol–water partition coefficient (Wildman–Crippen LogP) is 1.53.